The summed E-state index contributed by atoms with van der Waals surface area (Å²) in [7, 11) is 4.16. The average Bonchev–Trinajstić information content (AvgIpc) is 3.60. The maximum Gasteiger partial charge on any atom is 0.276 e. The summed E-state index contributed by atoms with van der Waals surface area (Å²) in [5, 5.41) is 7.31. The van der Waals surface area contributed by atoms with Crippen LogP contribution in [0.1, 0.15) is 58.6 Å². The van der Waals surface area contributed by atoms with Crippen LogP contribution in [0, 0.1) is 12.8 Å². The number of nitrogens with zero attached hydrogens (tertiary/aromatic N) is 5. The largest absolute Gasteiger partial charge is 0.341 e. The van der Waals surface area contributed by atoms with E-state index in [4.69, 9.17) is 0 Å². The number of aryl methyl sites for hydroxylation is 2. The third-order valence-electron chi connectivity index (χ3n) is 9.21. The van der Waals surface area contributed by atoms with E-state index in [2.05, 4.69) is 39.6 Å². The second kappa shape index (κ2) is 8.85. The minimum atomic E-state index is -0.599. The minimum absolute atomic E-state index is 0.0106. The van der Waals surface area contributed by atoms with Gasteiger partial charge in [0, 0.05) is 29.9 Å². The van der Waals surface area contributed by atoms with Crippen molar-refractivity contribution in [1.29, 1.82) is 0 Å². The molecule has 1 unspecified atom stereocenters. The average molecular weight is 548 g/mol. The smallest absolute Gasteiger partial charge is 0.276 e. The number of likely N-dealkylation sites (tertiary alicyclic amines) is 1. The van der Waals surface area contributed by atoms with E-state index in [9.17, 15) is 14.4 Å². The molecule has 1 saturated heterocycles. The van der Waals surface area contributed by atoms with Crippen LogP contribution < -0.4 is 16.2 Å². The number of hydrogen-bond acceptors (Lipinski definition) is 8. The Morgan fingerprint density at radius 2 is 2.05 bits per heavy atom. The first-order valence-electron chi connectivity index (χ1n) is 13.8. The van der Waals surface area contributed by atoms with Crippen molar-refractivity contribution in [1.82, 2.24) is 29.7 Å². The molecule has 1 spiro atoms. The van der Waals surface area contributed by atoms with E-state index in [-0.39, 0.29) is 23.3 Å². The topological polar surface area (TPSA) is 112 Å². The molecule has 5 heterocycles. The monoisotopic (exact) mass is 547 g/mol. The standard InChI is InChI=1S/C28H33N7O3S/c1-15-11-19(27(38)35-22(15)24(36)32-28(35)8-4-9-28)31-23-21-18-6-5-16(12-20(18)39-25(21)30-14-29-23)26(37)34-10-7-17(13-34)33(2)3/h11,14,16-17H,4-10,12-13H2,1-3H3,(H,32,36)(H,29,30,31)/t16-,17?/m0/s1. The molecule has 10 nitrogen and oxygen atoms in total. The Morgan fingerprint density at radius 3 is 2.77 bits per heavy atom. The first kappa shape index (κ1) is 24.7. The molecule has 2 amide bonds. The predicted molar refractivity (Wildman–Crippen MR) is 150 cm³/mol. The summed E-state index contributed by atoms with van der Waals surface area (Å²) in [6.07, 6.45) is 7.35. The van der Waals surface area contributed by atoms with Crippen LogP contribution in [-0.2, 0) is 23.3 Å². The zero-order valence-corrected chi connectivity index (χ0v) is 23.4. The Labute approximate surface area is 230 Å². The van der Waals surface area contributed by atoms with E-state index in [1.807, 2.05) is 11.8 Å². The molecule has 2 N–H and O–H groups in total. The zero-order chi connectivity index (χ0) is 27.1. The second-order valence-corrected chi connectivity index (χ2v) is 12.8. The van der Waals surface area contributed by atoms with Gasteiger partial charge in [0.2, 0.25) is 5.91 Å². The van der Waals surface area contributed by atoms with Gasteiger partial charge in [-0.05, 0) is 83.2 Å². The molecule has 2 aliphatic carbocycles. The predicted octanol–water partition coefficient (Wildman–Crippen LogP) is 2.75. The molecular weight excluding hydrogens is 514 g/mol. The summed E-state index contributed by atoms with van der Waals surface area (Å²) < 4.78 is 1.66. The van der Waals surface area contributed by atoms with Crippen molar-refractivity contribution >= 4 is 44.9 Å². The molecule has 4 aliphatic rings. The quantitative estimate of drug-likeness (QED) is 0.517. The lowest BCUT2D eigenvalue weighted by Gasteiger charge is -2.39. The van der Waals surface area contributed by atoms with Gasteiger partial charge in [0.05, 0.1) is 5.39 Å². The molecule has 0 radical (unpaired) electrons. The van der Waals surface area contributed by atoms with Crippen LogP contribution in [0.4, 0.5) is 11.5 Å². The van der Waals surface area contributed by atoms with Crippen molar-refractivity contribution < 1.29 is 9.59 Å². The van der Waals surface area contributed by atoms with Crippen LogP contribution in [0.25, 0.3) is 10.2 Å². The summed E-state index contributed by atoms with van der Waals surface area (Å²) in [4.78, 5) is 55.1. The normalized spacial score (nSPS) is 23.2. The van der Waals surface area contributed by atoms with Crippen molar-refractivity contribution in [3.05, 3.63) is 44.4 Å². The van der Waals surface area contributed by atoms with Gasteiger partial charge in [0.25, 0.3) is 11.5 Å². The van der Waals surface area contributed by atoms with Gasteiger partial charge in [0.15, 0.2) is 0 Å². The fraction of sp³-hybridized carbons (Fsp3) is 0.536. The molecule has 204 valence electrons. The lowest BCUT2D eigenvalue weighted by atomic mass is 9.85. The lowest BCUT2D eigenvalue weighted by Crippen LogP contribution is -2.52. The van der Waals surface area contributed by atoms with Gasteiger partial charge in [-0.15, -0.1) is 11.3 Å². The van der Waals surface area contributed by atoms with E-state index in [1.54, 1.807) is 22.0 Å². The van der Waals surface area contributed by atoms with Crippen LogP contribution in [0.15, 0.2) is 17.2 Å². The van der Waals surface area contributed by atoms with E-state index < -0.39 is 5.66 Å². The molecule has 2 aliphatic heterocycles. The van der Waals surface area contributed by atoms with Gasteiger partial charge in [-0.25, -0.2) is 9.97 Å². The van der Waals surface area contributed by atoms with E-state index in [1.165, 1.54) is 16.8 Å². The molecule has 1 saturated carbocycles. The van der Waals surface area contributed by atoms with Crippen molar-refractivity contribution in [2.75, 3.05) is 32.5 Å². The number of thiophene rings is 1. The Morgan fingerprint density at radius 1 is 1.23 bits per heavy atom. The highest BCUT2D eigenvalue weighted by molar-refractivity contribution is 7.19. The number of carbonyl (C=O) groups is 2. The van der Waals surface area contributed by atoms with Crippen molar-refractivity contribution in [2.45, 2.75) is 63.6 Å². The second-order valence-electron chi connectivity index (χ2n) is 11.7. The highest BCUT2D eigenvalue weighted by atomic mass is 32.1. The molecule has 3 aromatic rings. The molecule has 2 fully saturated rings. The Bertz CT molecular complexity index is 1590. The molecule has 0 bridgehead atoms. The number of hydrogen-bond donors (Lipinski definition) is 2. The fourth-order valence-corrected chi connectivity index (χ4v) is 8.14. The third-order valence-corrected chi connectivity index (χ3v) is 10.4. The fourth-order valence-electron chi connectivity index (χ4n) is 6.88. The van der Waals surface area contributed by atoms with Crippen LogP contribution in [0.3, 0.4) is 0 Å². The molecule has 39 heavy (non-hydrogen) atoms. The Balaban J connectivity index is 1.19. The number of nitrogens with one attached hydrogen (secondary N) is 2. The molecule has 7 rings (SSSR count). The molecule has 3 aromatic heterocycles. The maximum absolute atomic E-state index is 13.7. The number of anilines is 2. The van der Waals surface area contributed by atoms with Gasteiger partial charge in [-0.3, -0.25) is 19.0 Å². The summed E-state index contributed by atoms with van der Waals surface area (Å²) >= 11 is 1.63. The van der Waals surface area contributed by atoms with Gasteiger partial charge in [-0.1, -0.05) is 0 Å². The molecule has 2 atom stereocenters. The number of pyridine rings is 1. The lowest BCUT2D eigenvalue weighted by molar-refractivity contribution is -0.134. The third kappa shape index (κ3) is 3.73. The van der Waals surface area contributed by atoms with Gasteiger partial charge >= 0.3 is 0 Å². The number of aromatic nitrogens is 3. The molecular formula is C28H33N7O3S. The van der Waals surface area contributed by atoms with Crippen LogP contribution >= 0.6 is 11.3 Å². The summed E-state index contributed by atoms with van der Waals surface area (Å²) in [5.74, 6) is 0.681. The molecule has 0 aromatic carbocycles. The zero-order valence-electron chi connectivity index (χ0n) is 22.5. The summed E-state index contributed by atoms with van der Waals surface area (Å²) in [6, 6.07) is 2.19. The number of fused-ring (bicyclic) bond motifs is 5. The van der Waals surface area contributed by atoms with E-state index in [0.717, 1.165) is 67.4 Å². The van der Waals surface area contributed by atoms with E-state index >= 15 is 0 Å². The Kier molecular flexibility index (Phi) is 5.61. The number of likely N-dealkylation sites (N-methyl/N-ethyl adjacent to an activating group) is 1. The number of carbonyl (C=O) groups excluding carboxylic acids is 2. The summed E-state index contributed by atoms with van der Waals surface area (Å²) in [6.45, 7) is 3.50. The summed E-state index contributed by atoms with van der Waals surface area (Å²) in [5.41, 5.74) is 1.99. The van der Waals surface area contributed by atoms with Gasteiger partial charge in [0.1, 0.15) is 34.0 Å². The maximum atomic E-state index is 13.7. The van der Waals surface area contributed by atoms with Crippen LogP contribution in [0.5, 0.6) is 0 Å². The minimum Gasteiger partial charge on any atom is -0.341 e. The SMILES string of the molecule is Cc1cc(Nc2ncnc3sc4c(c23)CC[C@H](C(=O)N2CCC(N(C)C)C2)C4)c(=O)n2c1C(=O)NC21CCC1. The number of rotatable bonds is 4. The highest BCUT2D eigenvalue weighted by Gasteiger charge is 2.48. The van der Waals surface area contributed by atoms with Crippen molar-refractivity contribution in [3.63, 3.8) is 0 Å². The number of amides is 2. The van der Waals surface area contributed by atoms with Crippen LogP contribution in [-0.4, -0.2) is 69.4 Å². The first-order valence-corrected chi connectivity index (χ1v) is 14.6. The first-order chi connectivity index (χ1) is 18.8. The van der Waals surface area contributed by atoms with E-state index in [0.29, 0.717) is 29.7 Å². The van der Waals surface area contributed by atoms with Crippen molar-refractivity contribution in [3.8, 4) is 0 Å². The van der Waals surface area contributed by atoms with Crippen LogP contribution in [0.2, 0.25) is 0 Å². The molecule has 11 heteroatoms. The van der Waals surface area contributed by atoms with Gasteiger partial charge in [-0.2, -0.15) is 0 Å². The van der Waals surface area contributed by atoms with Crippen molar-refractivity contribution in [2.24, 2.45) is 5.92 Å². The Hall–Kier alpha value is -3.31. The highest BCUT2D eigenvalue weighted by Crippen LogP contribution is 2.43. The van der Waals surface area contributed by atoms with Gasteiger partial charge < -0.3 is 20.4 Å².